The van der Waals surface area contributed by atoms with E-state index in [1.807, 2.05) is 12.1 Å². The number of carbonyl (C=O) groups is 3. The van der Waals surface area contributed by atoms with Crippen LogP contribution in [0.1, 0.15) is 39.9 Å². The summed E-state index contributed by atoms with van der Waals surface area (Å²) >= 11 is 0. The largest absolute Gasteiger partial charge is 0.489 e. The van der Waals surface area contributed by atoms with Gasteiger partial charge in [0.25, 0.3) is 5.91 Å². The molecule has 0 radical (unpaired) electrons. The highest BCUT2D eigenvalue weighted by Gasteiger charge is 2.69. The number of fused-ring (bicyclic) bond motifs is 1. The van der Waals surface area contributed by atoms with E-state index < -0.39 is 11.5 Å². The molecule has 2 saturated heterocycles. The Morgan fingerprint density at radius 3 is 2.56 bits per heavy atom. The van der Waals surface area contributed by atoms with Crippen molar-refractivity contribution in [2.75, 3.05) is 26.3 Å². The van der Waals surface area contributed by atoms with Crippen LogP contribution in [0, 0.1) is 5.41 Å². The van der Waals surface area contributed by atoms with Crippen LogP contribution in [0.2, 0.25) is 0 Å². The van der Waals surface area contributed by atoms with Gasteiger partial charge in [-0.3, -0.25) is 24.6 Å². The number of rotatable bonds is 6. The Kier molecular flexibility index (Phi) is 5.65. The van der Waals surface area contributed by atoms with E-state index in [0.29, 0.717) is 36.5 Å². The highest BCUT2D eigenvalue weighted by Crippen LogP contribution is 2.60. The van der Waals surface area contributed by atoms with E-state index in [9.17, 15) is 14.4 Å². The number of amides is 3. The van der Waals surface area contributed by atoms with Crippen LogP contribution < -0.4 is 10.1 Å². The van der Waals surface area contributed by atoms with Gasteiger partial charge in [0.15, 0.2) is 0 Å². The standard InChI is InChI=1S/C28H29N3O5/c1-18-25(28(18)10-9-24(32)29-27(28)34)31-16-22-21(26(31)33)3-2-4-23(22)36-17-20-7-5-19(6-8-20)15-30-11-13-35-14-12-30/h2-8,25H,1,9-17H2,(H,29,32,34). The molecular weight excluding hydrogens is 458 g/mol. The van der Waals surface area contributed by atoms with Crippen molar-refractivity contribution in [1.29, 1.82) is 0 Å². The fraction of sp³-hybridized carbons (Fsp3) is 0.393. The van der Waals surface area contributed by atoms with Crippen molar-refractivity contribution in [3.05, 3.63) is 76.9 Å². The molecule has 3 fully saturated rings. The smallest absolute Gasteiger partial charge is 0.255 e. The first-order chi connectivity index (χ1) is 17.5. The third-order valence-corrected chi connectivity index (χ3v) is 7.88. The minimum atomic E-state index is -0.852. The quantitative estimate of drug-likeness (QED) is 0.498. The Labute approximate surface area is 209 Å². The second kappa shape index (κ2) is 8.87. The molecule has 2 atom stereocenters. The van der Waals surface area contributed by atoms with Gasteiger partial charge in [0, 0.05) is 37.2 Å². The first-order valence-corrected chi connectivity index (χ1v) is 12.4. The molecule has 3 amide bonds. The Morgan fingerprint density at radius 2 is 1.81 bits per heavy atom. The van der Waals surface area contributed by atoms with Gasteiger partial charge in [-0.05, 0) is 35.3 Å². The minimum absolute atomic E-state index is 0.129. The molecule has 8 nitrogen and oxygen atoms in total. The van der Waals surface area contributed by atoms with Crippen molar-refractivity contribution >= 4 is 17.7 Å². The predicted octanol–water partition coefficient (Wildman–Crippen LogP) is 2.42. The summed E-state index contributed by atoms with van der Waals surface area (Å²) in [6, 6.07) is 13.5. The zero-order chi connectivity index (χ0) is 24.9. The molecule has 8 heteroatoms. The summed E-state index contributed by atoms with van der Waals surface area (Å²) in [5.74, 6) is -0.0732. The molecule has 4 aliphatic rings. The molecule has 36 heavy (non-hydrogen) atoms. The molecule has 3 heterocycles. The fourth-order valence-corrected chi connectivity index (χ4v) is 5.76. The van der Waals surface area contributed by atoms with Crippen molar-refractivity contribution < 1.29 is 23.9 Å². The highest BCUT2D eigenvalue weighted by molar-refractivity contribution is 6.08. The summed E-state index contributed by atoms with van der Waals surface area (Å²) in [5, 5.41) is 2.42. The lowest BCUT2D eigenvalue weighted by Crippen LogP contribution is -2.46. The molecule has 1 aliphatic carbocycles. The van der Waals surface area contributed by atoms with Crippen LogP contribution in [-0.2, 0) is 34.0 Å². The first-order valence-electron chi connectivity index (χ1n) is 12.4. The number of nitrogens with zero attached hydrogens (tertiary/aromatic N) is 2. The summed E-state index contributed by atoms with van der Waals surface area (Å²) in [7, 11) is 0. The van der Waals surface area contributed by atoms with Gasteiger partial charge >= 0.3 is 0 Å². The van der Waals surface area contributed by atoms with Crippen molar-refractivity contribution in [1.82, 2.24) is 15.1 Å². The van der Waals surface area contributed by atoms with E-state index in [0.717, 1.165) is 44.0 Å². The van der Waals surface area contributed by atoms with Crippen LogP contribution in [0.5, 0.6) is 5.75 Å². The fourth-order valence-electron chi connectivity index (χ4n) is 5.76. The van der Waals surface area contributed by atoms with E-state index in [4.69, 9.17) is 9.47 Å². The Balaban J connectivity index is 1.12. The van der Waals surface area contributed by atoms with Crippen LogP contribution in [0.25, 0.3) is 0 Å². The van der Waals surface area contributed by atoms with Crippen LogP contribution in [0.4, 0.5) is 0 Å². The monoisotopic (exact) mass is 487 g/mol. The lowest BCUT2D eigenvalue weighted by molar-refractivity contribution is -0.137. The summed E-state index contributed by atoms with van der Waals surface area (Å²) in [5.41, 5.74) is 3.58. The van der Waals surface area contributed by atoms with Crippen LogP contribution >= 0.6 is 0 Å². The lowest BCUT2D eigenvalue weighted by Gasteiger charge is -2.26. The predicted molar refractivity (Wildman–Crippen MR) is 131 cm³/mol. The molecule has 3 aliphatic heterocycles. The van der Waals surface area contributed by atoms with Gasteiger partial charge in [0.2, 0.25) is 11.8 Å². The summed E-state index contributed by atoms with van der Waals surface area (Å²) in [4.78, 5) is 41.6. The molecule has 0 aromatic heterocycles. The van der Waals surface area contributed by atoms with E-state index in [-0.39, 0.29) is 24.1 Å². The second-order valence-corrected chi connectivity index (χ2v) is 9.99. The number of morpholine rings is 1. The average Bonchev–Trinajstić information content (AvgIpc) is 3.33. The third kappa shape index (κ3) is 3.81. The van der Waals surface area contributed by atoms with Gasteiger partial charge in [-0.2, -0.15) is 0 Å². The topological polar surface area (TPSA) is 88.2 Å². The summed E-state index contributed by atoms with van der Waals surface area (Å²) in [6.07, 6.45) is 0.655. The van der Waals surface area contributed by atoms with Gasteiger partial charge in [0.1, 0.15) is 12.4 Å². The molecule has 2 unspecified atom stereocenters. The maximum atomic E-state index is 13.3. The minimum Gasteiger partial charge on any atom is -0.489 e. The Hall–Kier alpha value is -3.49. The first kappa shape index (κ1) is 22.9. The number of benzene rings is 2. The molecule has 1 spiro atoms. The van der Waals surface area contributed by atoms with Crippen molar-refractivity contribution in [3.63, 3.8) is 0 Å². The lowest BCUT2D eigenvalue weighted by atomic mass is 9.93. The van der Waals surface area contributed by atoms with E-state index in [2.05, 4.69) is 41.1 Å². The molecule has 0 bridgehead atoms. The number of hydrogen-bond donors (Lipinski definition) is 1. The molecule has 6 rings (SSSR count). The van der Waals surface area contributed by atoms with Crippen molar-refractivity contribution in [2.24, 2.45) is 5.41 Å². The zero-order valence-corrected chi connectivity index (χ0v) is 20.1. The molecular formula is C28H29N3O5. The number of carbonyl (C=O) groups excluding carboxylic acids is 3. The highest BCUT2D eigenvalue weighted by atomic mass is 16.5. The maximum absolute atomic E-state index is 13.3. The number of hydrogen-bond acceptors (Lipinski definition) is 6. The van der Waals surface area contributed by atoms with E-state index in [1.165, 1.54) is 5.56 Å². The number of imide groups is 1. The Morgan fingerprint density at radius 1 is 1.06 bits per heavy atom. The van der Waals surface area contributed by atoms with Crippen LogP contribution in [-0.4, -0.2) is 59.9 Å². The normalized spacial score (nSPS) is 25.8. The number of nitrogens with one attached hydrogen (secondary N) is 1. The van der Waals surface area contributed by atoms with E-state index >= 15 is 0 Å². The van der Waals surface area contributed by atoms with Gasteiger partial charge in [-0.25, -0.2) is 0 Å². The molecule has 1 N–H and O–H groups in total. The number of piperidine rings is 1. The molecule has 1 saturated carbocycles. The van der Waals surface area contributed by atoms with Crippen LogP contribution in [0.3, 0.4) is 0 Å². The van der Waals surface area contributed by atoms with Crippen molar-refractivity contribution in [2.45, 2.75) is 38.6 Å². The van der Waals surface area contributed by atoms with E-state index in [1.54, 1.807) is 11.0 Å². The molecule has 2 aromatic rings. The van der Waals surface area contributed by atoms with Gasteiger partial charge in [-0.1, -0.05) is 36.9 Å². The molecule has 2 aromatic carbocycles. The summed E-state index contributed by atoms with van der Waals surface area (Å²) < 4.78 is 11.6. The second-order valence-electron chi connectivity index (χ2n) is 9.99. The van der Waals surface area contributed by atoms with Gasteiger partial charge < -0.3 is 14.4 Å². The third-order valence-electron chi connectivity index (χ3n) is 7.88. The molecule has 186 valence electrons. The van der Waals surface area contributed by atoms with Crippen molar-refractivity contribution in [3.8, 4) is 5.75 Å². The Bertz CT molecular complexity index is 1250. The van der Waals surface area contributed by atoms with Gasteiger partial charge in [0.05, 0.1) is 31.2 Å². The van der Waals surface area contributed by atoms with Gasteiger partial charge in [-0.15, -0.1) is 0 Å². The summed E-state index contributed by atoms with van der Waals surface area (Å²) in [6.45, 7) is 9.23. The van der Waals surface area contributed by atoms with Crippen LogP contribution in [0.15, 0.2) is 54.6 Å². The SMILES string of the molecule is C=C1C(N2Cc3c(OCc4ccc(CN5CCOCC5)cc4)cccc3C2=O)C12CCC(=O)NC2=O. The maximum Gasteiger partial charge on any atom is 0.255 e. The average molecular weight is 488 g/mol. The zero-order valence-electron chi connectivity index (χ0n) is 20.1. The number of ether oxygens (including phenoxy) is 2.